The van der Waals surface area contributed by atoms with Crippen molar-refractivity contribution < 1.29 is 9.53 Å². The topological polar surface area (TPSA) is 55.6 Å². The van der Waals surface area contributed by atoms with Crippen molar-refractivity contribution in [3.05, 3.63) is 28.7 Å². The zero-order chi connectivity index (χ0) is 14.5. The normalized spacial score (nSPS) is 20.6. The van der Waals surface area contributed by atoms with Crippen LogP contribution in [-0.4, -0.2) is 36.0 Å². The predicted molar refractivity (Wildman–Crippen MR) is 82.6 cm³/mol. The van der Waals surface area contributed by atoms with Crippen LogP contribution in [0.4, 0.5) is 0 Å². The van der Waals surface area contributed by atoms with Crippen LogP contribution in [0, 0.1) is 0 Å². The lowest BCUT2D eigenvalue weighted by molar-refractivity contribution is -0.137. The van der Waals surface area contributed by atoms with Crippen LogP contribution in [0.5, 0.6) is 5.75 Å². The van der Waals surface area contributed by atoms with E-state index in [-0.39, 0.29) is 24.6 Å². The summed E-state index contributed by atoms with van der Waals surface area (Å²) >= 11 is 3.38. The second kappa shape index (κ2) is 7.09. The molecule has 2 unspecified atom stereocenters. The largest absolute Gasteiger partial charge is 0.484 e. The highest BCUT2D eigenvalue weighted by Crippen LogP contribution is 2.21. The Morgan fingerprint density at radius 1 is 1.55 bits per heavy atom. The van der Waals surface area contributed by atoms with Crippen LogP contribution in [0.25, 0.3) is 0 Å². The summed E-state index contributed by atoms with van der Waals surface area (Å²) in [5, 5.41) is 0. The van der Waals surface area contributed by atoms with Crippen molar-refractivity contribution in [2.75, 3.05) is 13.2 Å². The number of likely N-dealkylation sites (tertiary alicyclic amines) is 1. The SMILES string of the molecule is CC(N)C1CCCCN1C(=O)COc1cccc(Br)c1. The summed E-state index contributed by atoms with van der Waals surface area (Å²) in [5.41, 5.74) is 5.98. The van der Waals surface area contributed by atoms with E-state index in [4.69, 9.17) is 10.5 Å². The van der Waals surface area contributed by atoms with E-state index in [1.807, 2.05) is 36.1 Å². The molecule has 0 bridgehead atoms. The molecule has 1 heterocycles. The Bertz CT molecular complexity index is 465. The quantitative estimate of drug-likeness (QED) is 0.916. The summed E-state index contributed by atoms with van der Waals surface area (Å²) in [6.45, 7) is 2.82. The highest BCUT2D eigenvalue weighted by molar-refractivity contribution is 9.10. The minimum Gasteiger partial charge on any atom is -0.484 e. The first-order valence-corrected chi connectivity index (χ1v) is 7.80. The molecule has 5 heteroatoms. The number of nitrogens with two attached hydrogens (primary N) is 1. The second-order valence-corrected chi connectivity index (χ2v) is 6.17. The number of carbonyl (C=O) groups is 1. The molecular weight excluding hydrogens is 320 g/mol. The van der Waals surface area contributed by atoms with Gasteiger partial charge >= 0.3 is 0 Å². The van der Waals surface area contributed by atoms with Gasteiger partial charge in [0.25, 0.3) is 5.91 Å². The Kier molecular flexibility index (Phi) is 5.43. The minimum atomic E-state index is 0.00474. The average molecular weight is 341 g/mol. The van der Waals surface area contributed by atoms with Crippen molar-refractivity contribution in [2.24, 2.45) is 5.73 Å². The molecule has 0 radical (unpaired) electrons. The molecule has 2 N–H and O–H groups in total. The van der Waals surface area contributed by atoms with Crippen LogP contribution in [0.15, 0.2) is 28.7 Å². The fraction of sp³-hybridized carbons (Fsp3) is 0.533. The zero-order valence-electron chi connectivity index (χ0n) is 11.7. The summed E-state index contributed by atoms with van der Waals surface area (Å²) in [6, 6.07) is 7.65. The summed E-state index contributed by atoms with van der Waals surface area (Å²) in [5.74, 6) is 0.717. The molecule has 4 nitrogen and oxygen atoms in total. The first-order valence-electron chi connectivity index (χ1n) is 7.01. The molecule has 1 fully saturated rings. The van der Waals surface area contributed by atoms with Crippen molar-refractivity contribution in [1.29, 1.82) is 0 Å². The number of ether oxygens (including phenoxy) is 1. The van der Waals surface area contributed by atoms with Gasteiger partial charge in [-0.2, -0.15) is 0 Å². The van der Waals surface area contributed by atoms with Gasteiger partial charge in [-0.15, -0.1) is 0 Å². The summed E-state index contributed by atoms with van der Waals surface area (Å²) in [4.78, 5) is 14.2. The third-order valence-corrected chi connectivity index (χ3v) is 4.13. The molecular formula is C15H21BrN2O2. The second-order valence-electron chi connectivity index (χ2n) is 5.26. The van der Waals surface area contributed by atoms with Crippen molar-refractivity contribution in [2.45, 2.75) is 38.3 Å². The lowest BCUT2D eigenvalue weighted by Crippen LogP contribution is -2.52. The number of carbonyl (C=O) groups excluding carboxylic acids is 1. The summed E-state index contributed by atoms with van der Waals surface area (Å²) < 4.78 is 6.51. The van der Waals surface area contributed by atoms with E-state index >= 15 is 0 Å². The van der Waals surface area contributed by atoms with Crippen LogP contribution >= 0.6 is 15.9 Å². The number of halogens is 1. The van der Waals surface area contributed by atoms with Crippen LogP contribution in [0.2, 0.25) is 0 Å². The minimum absolute atomic E-state index is 0.00474. The zero-order valence-corrected chi connectivity index (χ0v) is 13.3. The van der Waals surface area contributed by atoms with Crippen molar-refractivity contribution in [3.63, 3.8) is 0 Å². The molecule has 2 atom stereocenters. The fourth-order valence-electron chi connectivity index (χ4n) is 2.60. The summed E-state index contributed by atoms with van der Waals surface area (Å²) in [7, 11) is 0. The van der Waals surface area contributed by atoms with Gasteiger partial charge in [0.05, 0.1) is 0 Å². The molecule has 1 aromatic rings. The predicted octanol–water partition coefficient (Wildman–Crippen LogP) is 2.56. The van der Waals surface area contributed by atoms with E-state index in [1.165, 1.54) is 0 Å². The van der Waals surface area contributed by atoms with Crippen LogP contribution in [0.3, 0.4) is 0 Å². The van der Waals surface area contributed by atoms with Crippen molar-refractivity contribution in [1.82, 2.24) is 4.90 Å². The molecule has 0 aliphatic carbocycles. The molecule has 20 heavy (non-hydrogen) atoms. The van der Waals surface area contributed by atoms with E-state index in [0.29, 0.717) is 5.75 Å². The third-order valence-electron chi connectivity index (χ3n) is 3.63. The van der Waals surface area contributed by atoms with Gasteiger partial charge in [-0.3, -0.25) is 4.79 Å². The molecule has 0 saturated carbocycles. The molecule has 1 aliphatic rings. The number of nitrogens with zero attached hydrogens (tertiary/aromatic N) is 1. The van der Waals surface area contributed by atoms with Crippen molar-refractivity contribution >= 4 is 21.8 Å². The van der Waals surface area contributed by atoms with Gasteiger partial charge in [0, 0.05) is 23.1 Å². The number of hydrogen-bond donors (Lipinski definition) is 1. The van der Waals surface area contributed by atoms with E-state index in [0.717, 1.165) is 30.3 Å². The maximum Gasteiger partial charge on any atom is 0.260 e. The van der Waals surface area contributed by atoms with Crippen molar-refractivity contribution in [3.8, 4) is 5.75 Å². The lowest BCUT2D eigenvalue weighted by Gasteiger charge is -2.38. The van der Waals surface area contributed by atoms with E-state index in [1.54, 1.807) is 0 Å². The molecule has 110 valence electrons. The number of amides is 1. The van der Waals surface area contributed by atoms with Gasteiger partial charge in [0.2, 0.25) is 0 Å². The molecule has 1 aromatic carbocycles. The third kappa shape index (κ3) is 3.96. The van der Waals surface area contributed by atoms with Gasteiger partial charge in [0.15, 0.2) is 6.61 Å². The highest BCUT2D eigenvalue weighted by atomic mass is 79.9. The van der Waals surface area contributed by atoms with E-state index < -0.39 is 0 Å². The van der Waals surface area contributed by atoms with Crippen LogP contribution in [0.1, 0.15) is 26.2 Å². The monoisotopic (exact) mass is 340 g/mol. The van der Waals surface area contributed by atoms with Gasteiger partial charge in [0.1, 0.15) is 5.75 Å². The number of hydrogen-bond acceptors (Lipinski definition) is 3. The highest BCUT2D eigenvalue weighted by Gasteiger charge is 2.29. The Balaban J connectivity index is 1.93. The Hall–Kier alpha value is -1.07. The lowest BCUT2D eigenvalue weighted by atomic mass is 9.97. The van der Waals surface area contributed by atoms with Crippen LogP contribution in [-0.2, 0) is 4.79 Å². The van der Waals surface area contributed by atoms with Crippen LogP contribution < -0.4 is 10.5 Å². The fourth-order valence-corrected chi connectivity index (χ4v) is 2.98. The number of benzene rings is 1. The average Bonchev–Trinajstić information content (AvgIpc) is 2.45. The van der Waals surface area contributed by atoms with E-state index in [9.17, 15) is 4.79 Å². The molecule has 1 amide bonds. The smallest absolute Gasteiger partial charge is 0.260 e. The van der Waals surface area contributed by atoms with Gasteiger partial charge in [-0.05, 0) is 44.4 Å². The molecule has 2 rings (SSSR count). The maximum absolute atomic E-state index is 12.3. The molecule has 0 spiro atoms. The first kappa shape index (κ1) is 15.3. The Morgan fingerprint density at radius 2 is 2.35 bits per heavy atom. The molecule has 0 aromatic heterocycles. The standard InChI is InChI=1S/C15H21BrN2O2/c1-11(17)14-7-2-3-8-18(14)15(19)10-20-13-6-4-5-12(16)9-13/h4-6,9,11,14H,2-3,7-8,10,17H2,1H3. The van der Waals surface area contributed by atoms with Gasteiger partial charge < -0.3 is 15.4 Å². The molecule has 1 saturated heterocycles. The van der Waals surface area contributed by atoms with Gasteiger partial charge in [-0.25, -0.2) is 0 Å². The Labute approximate surface area is 128 Å². The maximum atomic E-state index is 12.3. The van der Waals surface area contributed by atoms with Gasteiger partial charge in [-0.1, -0.05) is 22.0 Å². The number of piperidine rings is 1. The van der Waals surface area contributed by atoms with E-state index in [2.05, 4.69) is 15.9 Å². The molecule has 1 aliphatic heterocycles. The summed E-state index contributed by atoms with van der Waals surface area (Å²) in [6.07, 6.45) is 3.18. The number of rotatable bonds is 4. The first-order chi connectivity index (χ1) is 9.58. The Morgan fingerprint density at radius 3 is 3.05 bits per heavy atom.